The molecule has 0 radical (unpaired) electrons. The van der Waals surface area contributed by atoms with Gasteiger partial charge in [-0.1, -0.05) is 328 Å². The number of rotatable bonds is 14. The first-order valence-electron chi connectivity index (χ1n) is 36.1. The van der Waals surface area contributed by atoms with Crippen LogP contribution in [0.3, 0.4) is 0 Å². The van der Waals surface area contributed by atoms with Crippen LogP contribution in [0.5, 0.6) is 28.7 Å². The van der Waals surface area contributed by atoms with Crippen LogP contribution in [0.4, 0.5) is 5.69 Å². The highest BCUT2D eigenvalue weighted by molar-refractivity contribution is 5.86. The summed E-state index contributed by atoms with van der Waals surface area (Å²) < 4.78 is 17.0. The van der Waals surface area contributed by atoms with Crippen molar-refractivity contribution in [1.82, 2.24) is 0 Å². The zero-order valence-electron chi connectivity index (χ0n) is 62.7. The Balaban J connectivity index is 0.000000136. The molecule has 14 aromatic carbocycles. The number of hydrogen-bond acceptors (Lipinski definition) is 4. The number of fused-ring (bicyclic) bond motifs is 3. The van der Waals surface area contributed by atoms with Gasteiger partial charge in [0.15, 0.2) is 6.73 Å². The van der Waals surface area contributed by atoms with Gasteiger partial charge in [0, 0.05) is 5.69 Å². The van der Waals surface area contributed by atoms with Crippen molar-refractivity contribution < 1.29 is 14.2 Å². The number of nitrogens with one attached hydrogen (secondary N) is 1. The number of anilines is 1. The molecule has 0 bridgehead atoms. The minimum absolute atomic E-state index is 0.269. The molecule has 0 amide bonds. The molecule has 0 unspecified atom stereocenters. The first-order valence-corrected chi connectivity index (χ1v) is 36.1. The first-order chi connectivity index (χ1) is 50.4. The first kappa shape index (κ1) is 75.0. The summed E-state index contributed by atoms with van der Waals surface area (Å²) in [4.78, 5) is 0. The molecule has 1 N–H and O–H groups in total. The number of benzene rings is 14. The molecule has 0 fully saturated rings. The second-order valence-electron chi connectivity index (χ2n) is 27.5. The molecule has 1 aliphatic carbocycles. The summed E-state index contributed by atoms with van der Waals surface area (Å²) in [6.45, 7) is 25.7. The van der Waals surface area contributed by atoms with Crippen LogP contribution in [0, 0.1) is 83.1 Å². The van der Waals surface area contributed by atoms with E-state index in [1.165, 1.54) is 122 Å². The van der Waals surface area contributed by atoms with Crippen LogP contribution in [0.25, 0.3) is 11.1 Å². The minimum atomic E-state index is -0.269. The monoisotopic (exact) mass is 1360 g/mol. The van der Waals surface area contributed by atoms with Crippen LogP contribution >= 0.6 is 0 Å². The van der Waals surface area contributed by atoms with Crippen molar-refractivity contribution in [2.24, 2.45) is 0 Å². The average Bonchev–Trinajstić information content (AvgIpc) is 1.54. The standard InChI is InChI=1S/C27H22.C15H17NO.2C15H16.2C14H14O/c1-19-11-15-21(16-12-19)27(22-17-13-20(2)14-18-22)25-9-5-3-7-23(25)24-8-4-6-10-26(24)27;1-12-3-7-14(8-4-12)16-11-17-15-9-5-13(2)6-10-15;2*1-12-3-7-14(8-4-12)11-15-9-5-13(2)6-10-15;1-11-3-7-13(8-4-11)15-14-9-5-12(2)6-10-14;1-11-6-8-13(9-7-11)15-14-5-3-4-12(2)10-14/h3-18H,1-2H3;3-10,16H,11H2,1-2H3;2*3-10H,11H2,1-2H3;2*3-10H,1-2H3. The summed E-state index contributed by atoms with van der Waals surface area (Å²) in [5.41, 5.74) is 29.7. The fourth-order valence-corrected chi connectivity index (χ4v) is 12.2. The molecule has 14 aromatic rings. The highest BCUT2D eigenvalue weighted by Crippen LogP contribution is 2.56. The molecule has 15 rings (SSSR count). The third-order valence-corrected chi connectivity index (χ3v) is 18.3. The quantitative estimate of drug-likeness (QED) is 0.110. The predicted molar refractivity (Wildman–Crippen MR) is 440 cm³/mol. The van der Waals surface area contributed by atoms with Gasteiger partial charge >= 0.3 is 0 Å². The Morgan fingerprint density at radius 3 is 0.817 bits per heavy atom. The number of ether oxygens (including phenoxy) is 3. The molecule has 522 valence electrons. The van der Waals surface area contributed by atoms with Gasteiger partial charge < -0.3 is 19.5 Å². The van der Waals surface area contributed by atoms with Gasteiger partial charge in [-0.3, -0.25) is 0 Å². The zero-order chi connectivity index (χ0) is 73.2. The fraction of sp³-hybridized carbons (Fsp3) is 0.160. The molecule has 0 aromatic heterocycles. The Kier molecular flexibility index (Phi) is 26.9. The van der Waals surface area contributed by atoms with E-state index < -0.39 is 0 Å². The van der Waals surface area contributed by atoms with Crippen LogP contribution in [-0.4, -0.2) is 6.73 Å². The third kappa shape index (κ3) is 22.1. The maximum atomic E-state index is 5.71. The summed E-state index contributed by atoms with van der Waals surface area (Å²) in [7, 11) is 0. The molecule has 0 heterocycles. The van der Waals surface area contributed by atoms with Gasteiger partial charge in [-0.2, -0.15) is 0 Å². The lowest BCUT2D eigenvalue weighted by atomic mass is 9.67. The van der Waals surface area contributed by atoms with E-state index in [0.717, 1.165) is 47.3 Å². The molecule has 4 nitrogen and oxygen atoms in total. The molecule has 4 heteroatoms. The minimum Gasteiger partial charge on any atom is -0.473 e. The van der Waals surface area contributed by atoms with E-state index in [1.54, 1.807) is 0 Å². The Hall–Kier alpha value is -11.7. The molecular weight excluding hydrogens is 1260 g/mol. The summed E-state index contributed by atoms with van der Waals surface area (Å²) in [5.74, 6) is 4.41. The van der Waals surface area contributed by atoms with Crippen LogP contribution in [0.1, 0.15) is 111 Å². The van der Waals surface area contributed by atoms with Gasteiger partial charge in [-0.05, 0) is 230 Å². The van der Waals surface area contributed by atoms with Gasteiger partial charge in [0.05, 0.1) is 5.41 Å². The van der Waals surface area contributed by atoms with E-state index in [9.17, 15) is 0 Å². The summed E-state index contributed by atoms with van der Waals surface area (Å²) >= 11 is 0. The molecule has 0 saturated carbocycles. The SMILES string of the molecule is Cc1ccc(C2(c3ccc(C)cc3)c3ccccc3-c3ccccc32)cc1.Cc1ccc(Cc2ccc(C)cc2)cc1.Cc1ccc(Cc2ccc(C)cc2)cc1.Cc1ccc(NCOc2ccc(C)cc2)cc1.Cc1ccc(Oc2ccc(C)cc2)cc1.Cc1ccc(Oc2cccc(C)c2)cc1. The Bertz CT molecular complexity index is 4410. The molecular formula is C100H99NO3. The van der Waals surface area contributed by atoms with Gasteiger partial charge in [0.25, 0.3) is 0 Å². The molecule has 0 saturated heterocycles. The normalized spacial score (nSPS) is 11.1. The van der Waals surface area contributed by atoms with Crippen molar-refractivity contribution in [3.63, 3.8) is 0 Å². The molecule has 1 aliphatic rings. The highest BCUT2D eigenvalue weighted by Gasteiger charge is 2.45. The van der Waals surface area contributed by atoms with E-state index in [1.807, 2.05) is 127 Å². The second kappa shape index (κ2) is 37.3. The molecule has 0 aliphatic heterocycles. The lowest BCUT2D eigenvalue weighted by Gasteiger charge is -2.34. The van der Waals surface area contributed by atoms with E-state index in [4.69, 9.17) is 14.2 Å². The number of aryl methyl sites for hydroxylation is 12. The zero-order valence-corrected chi connectivity index (χ0v) is 62.7. The third-order valence-electron chi connectivity index (χ3n) is 18.3. The maximum absolute atomic E-state index is 5.71. The van der Waals surface area contributed by atoms with Gasteiger partial charge in [-0.15, -0.1) is 0 Å². The van der Waals surface area contributed by atoms with Crippen LogP contribution < -0.4 is 19.5 Å². The molecule has 0 atom stereocenters. The van der Waals surface area contributed by atoms with Crippen molar-refractivity contribution in [1.29, 1.82) is 0 Å². The van der Waals surface area contributed by atoms with E-state index in [-0.39, 0.29) is 5.41 Å². The van der Waals surface area contributed by atoms with Crippen LogP contribution in [0.2, 0.25) is 0 Å². The van der Waals surface area contributed by atoms with Crippen molar-refractivity contribution >= 4 is 5.69 Å². The van der Waals surface area contributed by atoms with E-state index in [2.05, 4.69) is 301 Å². The van der Waals surface area contributed by atoms with Crippen molar-refractivity contribution in [2.45, 2.75) is 101 Å². The fourth-order valence-electron chi connectivity index (χ4n) is 12.2. The van der Waals surface area contributed by atoms with Crippen molar-refractivity contribution in [3.05, 3.63) is 451 Å². The average molecular weight is 1360 g/mol. The largest absolute Gasteiger partial charge is 0.473 e. The van der Waals surface area contributed by atoms with E-state index >= 15 is 0 Å². The van der Waals surface area contributed by atoms with Gasteiger partial charge in [-0.25, -0.2) is 0 Å². The summed E-state index contributed by atoms with van der Waals surface area (Å²) in [6.07, 6.45) is 2.06. The topological polar surface area (TPSA) is 39.7 Å². The molecule has 0 spiro atoms. The molecule has 104 heavy (non-hydrogen) atoms. The highest BCUT2D eigenvalue weighted by atomic mass is 16.5. The second-order valence-corrected chi connectivity index (χ2v) is 27.5. The van der Waals surface area contributed by atoms with Crippen molar-refractivity contribution in [3.8, 4) is 39.9 Å². The Labute approximate surface area is 620 Å². The van der Waals surface area contributed by atoms with Crippen molar-refractivity contribution in [2.75, 3.05) is 12.0 Å². The van der Waals surface area contributed by atoms with E-state index in [0.29, 0.717) is 6.73 Å². The summed E-state index contributed by atoms with van der Waals surface area (Å²) in [6, 6.07) is 119. The Morgan fingerprint density at radius 1 is 0.231 bits per heavy atom. The predicted octanol–water partition coefficient (Wildman–Crippen LogP) is 26.4. The van der Waals surface area contributed by atoms with Crippen LogP contribution in [-0.2, 0) is 18.3 Å². The number of hydrogen-bond donors (Lipinski definition) is 1. The lowest BCUT2D eigenvalue weighted by Crippen LogP contribution is -2.28. The van der Waals surface area contributed by atoms with Gasteiger partial charge in [0.1, 0.15) is 28.7 Å². The smallest absolute Gasteiger partial charge is 0.159 e. The maximum Gasteiger partial charge on any atom is 0.159 e. The van der Waals surface area contributed by atoms with Crippen LogP contribution in [0.15, 0.2) is 340 Å². The Morgan fingerprint density at radius 2 is 0.500 bits per heavy atom. The van der Waals surface area contributed by atoms with Gasteiger partial charge in [0.2, 0.25) is 0 Å². The summed E-state index contributed by atoms with van der Waals surface area (Å²) in [5, 5.41) is 3.21. The lowest BCUT2D eigenvalue weighted by molar-refractivity contribution is 0.347.